The number of H-pyrrole nitrogens is 1. The average Bonchev–Trinajstić information content (AvgIpc) is 3.44. The summed E-state index contributed by atoms with van der Waals surface area (Å²) in [5, 5.41) is 3.31. The van der Waals surface area contributed by atoms with E-state index in [-0.39, 0.29) is 11.9 Å². The van der Waals surface area contributed by atoms with Gasteiger partial charge in [-0.15, -0.1) is 12.8 Å². The molecule has 0 radical (unpaired) electrons. The van der Waals surface area contributed by atoms with E-state index in [1.165, 1.54) is 12.4 Å². The summed E-state index contributed by atoms with van der Waals surface area (Å²) >= 11 is 0. The first-order valence-electron chi connectivity index (χ1n) is 9.95. The van der Waals surface area contributed by atoms with Crippen molar-refractivity contribution in [1.29, 1.82) is 0 Å². The molecule has 2 N–H and O–H groups in total. The number of pyridine rings is 1. The lowest BCUT2D eigenvalue weighted by Crippen LogP contribution is -2.12. The number of nitrogens with zero attached hydrogens (tertiary/aromatic N) is 6. The molecular formula is C23H21FN8. The average molecular weight is 428 g/mol. The Morgan fingerprint density at radius 1 is 1.09 bits per heavy atom. The SMILES string of the molecule is C#C.CC(C)n1c(CNc2ncnc3nc[nH]c23)nc2ccc(F)c(-c3ccccn3)c21. The molecule has 9 heteroatoms. The number of hydrogen-bond acceptors (Lipinski definition) is 6. The van der Waals surface area contributed by atoms with Gasteiger partial charge < -0.3 is 14.9 Å². The molecule has 0 aliphatic rings. The third-order valence-corrected chi connectivity index (χ3v) is 4.95. The summed E-state index contributed by atoms with van der Waals surface area (Å²) in [6, 6.07) is 8.69. The highest BCUT2D eigenvalue weighted by molar-refractivity contribution is 5.92. The highest BCUT2D eigenvalue weighted by Gasteiger charge is 2.21. The fraction of sp³-hybridized carbons (Fsp3) is 0.174. The minimum atomic E-state index is -0.322. The Bertz CT molecular complexity index is 1380. The summed E-state index contributed by atoms with van der Waals surface area (Å²) < 4.78 is 17.0. The molecule has 0 amide bonds. The van der Waals surface area contributed by atoms with Crippen LogP contribution in [0.3, 0.4) is 0 Å². The van der Waals surface area contributed by atoms with E-state index in [0.29, 0.717) is 29.3 Å². The van der Waals surface area contributed by atoms with Crippen LogP contribution in [0.1, 0.15) is 25.7 Å². The van der Waals surface area contributed by atoms with Crippen molar-refractivity contribution in [1.82, 2.24) is 34.5 Å². The van der Waals surface area contributed by atoms with Crippen LogP contribution in [-0.2, 0) is 6.54 Å². The van der Waals surface area contributed by atoms with Crippen LogP contribution in [0, 0.1) is 18.7 Å². The molecule has 4 aromatic heterocycles. The van der Waals surface area contributed by atoms with E-state index >= 15 is 0 Å². The Morgan fingerprint density at radius 2 is 1.94 bits per heavy atom. The van der Waals surface area contributed by atoms with Gasteiger partial charge in [-0.25, -0.2) is 24.3 Å². The largest absolute Gasteiger partial charge is 0.361 e. The lowest BCUT2D eigenvalue weighted by atomic mass is 10.1. The first-order chi connectivity index (χ1) is 15.6. The molecule has 0 aliphatic heterocycles. The predicted molar refractivity (Wildman–Crippen MR) is 122 cm³/mol. The maximum Gasteiger partial charge on any atom is 0.182 e. The third kappa shape index (κ3) is 3.63. The number of terminal acetylenes is 1. The standard InChI is InChI=1S/C21H19FN8.C2H2/c1-12(2)30-16(9-24-20-18-21(26-10-25-18)28-11-27-20)29-15-7-6-13(22)17(19(15)30)14-5-3-4-8-23-14;1-2/h3-8,10-12H,9H2,1-2H3,(H2,24,25,26,27,28);1-2H. The van der Waals surface area contributed by atoms with Crippen LogP contribution in [0.5, 0.6) is 0 Å². The number of nitrogens with one attached hydrogen (secondary N) is 2. The van der Waals surface area contributed by atoms with E-state index in [9.17, 15) is 4.39 Å². The number of aromatic nitrogens is 7. The second kappa shape index (κ2) is 8.81. The zero-order chi connectivity index (χ0) is 22.7. The molecule has 8 nitrogen and oxygen atoms in total. The summed E-state index contributed by atoms with van der Waals surface area (Å²) in [5.74, 6) is 1.09. The number of benzene rings is 1. The van der Waals surface area contributed by atoms with Crippen LogP contribution < -0.4 is 5.32 Å². The molecule has 0 fully saturated rings. The van der Waals surface area contributed by atoms with Crippen LogP contribution in [0.4, 0.5) is 10.2 Å². The Balaban J connectivity index is 0.00000119. The fourth-order valence-electron chi connectivity index (χ4n) is 3.71. The van der Waals surface area contributed by atoms with Crippen molar-refractivity contribution >= 4 is 28.0 Å². The molecular weight excluding hydrogens is 407 g/mol. The van der Waals surface area contributed by atoms with Crippen molar-refractivity contribution in [3.63, 3.8) is 0 Å². The molecule has 0 unspecified atom stereocenters. The molecule has 1 aromatic carbocycles. The lowest BCUT2D eigenvalue weighted by Gasteiger charge is -2.16. The van der Waals surface area contributed by atoms with Gasteiger partial charge in [0.15, 0.2) is 11.5 Å². The van der Waals surface area contributed by atoms with Gasteiger partial charge in [0.1, 0.15) is 23.5 Å². The second-order valence-corrected chi connectivity index (χ2v) is 7.17. The van der Waals surface area contributed by atoms with Crippen molar-refractivity contribution in [2.75, 3.05) is 5.32 Å². The van der Waals surface area contributed by atoms with Crippen LogP contribution in [0.25, 0.3) is 33.5 Å². The maximum absolute atomic E-state index is 14.9. The molecule has 4 heterocycles. The zero-order valence-electron chi connectivity index (χ0n) is 17.6. The minimum Gasteiger partial charge on any atom is -0.361 e. The zero-order valence-corrected chi connectivity index (χ0v) is 17.6. The van der Waals surface area contributed by atoms with Crippen molar-refractivity contribution < 1.29 is 4.39 Å². The monoisotopic (exact) mass is 428 g/mol. The van der Waals surface area contributed by atoms with Gasteiger partial charge in [-0.05, 0) is 38.1 Å². The summed E-state index contributed by atoms with van der Waals surface area (Å²) in [6.07, 6.45) is 12.7. The van der Waals surface area contributed by atoms with Gasteiger partial charge in [-0.1, -0.05) is 6.07 Å². The molecule has 0 atom stereocenters. The van der Waals surface area contributed by atoms with Gasteiger partial charge >= 0.3 is 0 Å². The molecule has 0 saturated heterocycles. The van der Waals surface area contributed by atoms with Crippen molar-refractivity contribution in [3.8, 4) is 24.1 Å². The molecule has 0 saturated carbocycles. The first kappa shape index (κ1) is 20.9. The minimum absolute atomic E-state index is 0.0636. The highest BCUT2D eigenvalue weighted by Crippen LogP contribution is 2.33. The third-order valence-electron chi connectivity index (χ3n) is 4.95. The number of fused-ring (bicyclic) bond motifs is 2. The molecule has 0 spiro atoms. The van der Waals surface area contributed by atoms with Crippen molar-refractivity contribution in [3.05, 3.63) is 60.8 Å². The van der Waals surface area contributed by atoms with E-state index < -0.39 is 0 Å². The Morgan fingerprint density at radius 3 is 2.69 bits per heavy atom. The van der Waals surface area contributed by atoms with E-state index in [1.807, 2.05) is 22.8 Å². The number of imidazole rings is 2. The maximum atomic E-state index is 14.9. The summed E-state index contributed by atoms with van der Waals surface area (Å²) in [7, 11) is 0. The normalized spacial score (nSPS) is 10.9. The van der Waals surface area contributed by atoms with Crippen LogP contribution >= 0.6 is 0 Å². The fourth-order valence-corrected chi connectivity index (χ4v) is 3.71. The molecule has 0 aliphatic carbocycles. The van der Waals surface area contributed by atoms with E-state index in [0.717, 1.165) is 22.4 Å². The van der Waals surface area contributed by atoms with Gasteiger partial charge in [0.2, 0.25) is 0 Å². The van der Waals surface area contributed by atoms with Gasteiger partial charge in [-0.2, -0.15) is 0 Å². The van der Waals surface area contributed by atoms with E-state index in [4.69, 9.17) is 4.98 Å². The number of rotatable bonds is 5. The van der Waals surface area contributed by atoms with Crippen molar-refractivity contribution in [2.24, 2.45) is 0 Å². The molecule has 5 aromatic rings. The van der Waals surface area contributed by atoms with Crippen LogP contribution in [-0.4, -0.2) is 34.5 Å². The number of anilines is 1. The number of halogens is 1. The van der Waals surface area contributed by atoms with Gasteiger partial charge in [0.05, 0.1) is 35.2 Å². The smallest absolute Gasteiger partial charge is 0.182 e. The summed E-state index contributed by atoms with van der Waals surface area (Å²) in [4.78, 5) is 24.8. The van der Waals surface area contributed by atoms with Crippen LogP contribution in [0.15, 0.2) is 49.2 Å². The van der Waals surface area contributed by atoms with Gasteiger partial charge in [0.25, 0.3) is 0 Å². The highest BCUT2D eigenvalue weighted by atomic mass is 19.1. The molecule has 160 valence electrons. The summed E-state index contributed by atoms with van der Waals surface area (Å²) in [6.45, 7) is 4.51. The summed E-state index contributed by atoms with van der Waals surface area (Å²) in [5.41, 5.74) is 3.80. The second-order valence-electron chi connectivity index (χ2n) is 7.17. The predicted octanol–water partition coefficient (Wildman–Crippen LogP) is 4.35. The topological polar surface area (TPSA) is 97.2 Å². The van der Waals surface area contributed by atoms with Gasteiger partial charge in [0, 0.05) is 12.2 Å². The molecule has 5 rings (SSSR count). The Hall–Kier alpha value is -4.32. The lowest BCUT2D eigenvalue weighted by molar-refractivity contribution is 0.586. The van der Waals surface area contributed by atoms with Gasteiger partial charge in [-0.3, -0.25) is 4.98 Å². The van der Waals surface area contributed by atoms with Crippen LogP contribution in [0.2, 0.25) is 0 Å². The Kier molecular flexibility index (Phi) is 5.77. The Labute approximate surface area is 184 Å². The quantitative estimate of drug-likeness (QED) is 0.404. The van der Waals surface area contributed by atoms with E-state index in [2.05, 4.69) is 56.9 Å². The van der Waals surface area contributed by atoms with E-state index in [1.54, 1.807) is 18.6 Å². The first-order valence-corrected chi connectivity index (χ1v) is 9.95. The number of hydrogen-bond donors (Lipinski definition) is 2. The molecule has 0 bridgehead atoms. The number of aromatic amines is 1. The molecule has 32 heavy (non-hydrogen) atoms. The van der Waals surface area contributed by atoms with Crippen molar-refractivity contribution in [2.45, 2.75) is 26.4 Å².